The van der Waals surface area contributed by atoms with Gasteiger partial charge in [0.2, 0.25) is 5.60 Å². The molecule has 102 valence electrons. The second kappa shape index (κ2) is 5.85. The largest absolute Gasteiger partial charge is 0.479 e. The van der Waals surface area contributed by atoms with E-state index in [-0.39, 0.29) is 0 Å². The van der Waals surface area contributed by atoms with Gasteiger partial charge >= 0.3 is 13.8 Å². The topological polar surface area (TPSA) is 185 Å². The van der Waals surface area contributed by atoms with Gasteiger partial charge in [-0.3, -0.25) is 4.52 Å². The van der Waals surface area contributed by atoms with Crippen molar-refractivity contribution in [1.82, 2.24) is 0 Å². The molecule has 0 aromatic heterocycles. The molecule has 0 aliphatic carbocycles. The smallest absolute Gasteiger partial charge is 0.469 e. The Bertz CT molecular complexity index is 312. The normalized spacial score (nSPS) is 19.4. The number of aliphatic hydroxyl groups is 4. The third-order valence-corrected chi connectivity index (χ3v) is 2.33. The second-order valence-corrected chi connectivity index (χ2v) is 4.43. The Hall–Kier alpha value is -0.580. The first-order valence-corrected chi connectivity index (χ1v) is 5.70. The Labute approximate surface area is 94.9 Å². The van der Waals surface area contributed by atoms with Gasteiger partial charge in [-0.05, 0) is 0 Å². The van der Waals surface area contributed by atoms with Crippen molar-refractivity contribution in [3.8, 4) is 0 Å². The van der Waals surface area contributed by atoms with Crippen LogP contribution in [0.15, 0.2) is 0 Å². The molecule has 0 aliphatic heterocycles. The third kappa shape index (κ3) is 4.66. The first kappa shape index (κ1) is 16.4. The van der Waals surface area contributed by atoms with Crippen LogP contribution < -0.4 is 0 Å². The number of carbonyl (C=O) groups is 1. The first-order chi connectivity index (χ1) is 7.54. The number of carboxylic acid groups (broad SMARTS) is 1. The van der Waals surface area contributed by atoms with Gasteiger partial charge in [0.25, 0.3) is 0 Å². The summed E-state index contributed by atoms with van der Waals surface area (Å²) in [6.45, 7) is -2.53. The van der Waals surface area contributed by atoms with E-state index < -0.39 is 44.8 Å². The number of phosphoric ester groups is 1. The highest BCUT2D eigenvalue weighted by molar-refractivity contribution is 7.46. The lowest BCUT2D eigenvalue weighted by atomic mass is 9.94. The molecule has 0 saturated heterocycles. The van der Waals surface area contributed by atoms with Gasteiger partial charge in [-0.15, -0.1) is 0 Å². The van der Waals surface area contributed by atoms with Crippen molar-refractivity contribution >= 4 is 13.8 Å². The number of hydrogen-bond donors (Lipinski definition) is 7. The summed E-state index contributed by atoms with van der Waals surface area (Å²) in [4.78, 5) is 27.3. The van der Waals surface area contributed by atoms with Crippen LogP contribution in [0.3, 0.4) is 0 Å². The van der Waals surface area contributed by atoms with Gasteiger partial charge in [0.15, 0.2) is 0 Å². The Morgan fingerprint density at radius 2 is 1.82 bits per heavy atom. The second-order valence-electron chi connectivity index (χ2n) is 3.19. The van der Waals surface area contributed by atoms with Crippen LogP contribution in [0.5, 0.6) is 0 Å². The fraction of sp³-hybridized carbons (Fsp3) is 0.833. The molecule has 0 fully saturated rings. The van der Waals surface area contributed by atoms with Crippen molar-refractivity contribution < 1.29 is 49.2 Å². The van der Waals surface area contributed by atoms with E-state index >= 15 is 0 Å². The summed E-state index contributed by atoms with van der Waals surface area (Å²) in [5.41, 5.74) is -3.16. The molecule has 17 heavy (non-hydrogen) atoms. The maximum Gasteiger partial charge on any atom is 0.469 e. The van der Waals surface area contributed by atoms with Gasteiger partial charge < -0.3 is 35.3 Å². The first-order valence-electron chi connectivity index (χ1n) is 4.17. The lowest BCUT2D eigenvalue weighted by Crippen LogP contribution is -2.58. The van der Waals surface area contributed by atoms with Gasteiger partial charge in [-0.1, -0.05) is 0 Å². The van der Waals surface area contributed by atoms with Crippen molar-refractivity contribution in [2.75, 3.05) is 13.2 Å². The number of hydrogen-bond acceptors (Lipinski definition) is 7. The monoisotopic (exact) mass is 276 g/mol. The summed E-state index contributed by atoms with van der Waals surface area (Å²) in [6, 6.07) is 0. The third-order valence-electron chi connectivity index (χ3n) is 1.86. The molecule has 0 rings (SSSR count). The molecule has 0 heterocycles. The van der Waals surface area contributed by atoms with Crippen molar-refractivity contribution in [1.29, 1.82) is 0 Å². The molecular weight excluding hydrogens is 263 g/mol. The van der Waals surface area contributed by atoms with Crippen molar-refractivity contribution in [3.05, 3.63) is 0 Å². The molecule has 0 unspecified atom stereocenters. The van der Waals surface area contributed by atoms with Crippen LogP contribution in [0.25, 0.3) is 0 Å². The van der Waals surface area contributed by atoms with Crippen LogP contribution in [0, 0.1) is 0 Å². The number of carboxylic acids is 1. The van der Waals surface area contributed by atoms with E-state index in [1.165, 1.54) is 0 Å². The highest BCUT2D eigenvalue weighted by atomic mass is 31.2. The molecule has 0 saturated carbocycles. The zero-order chi connectivity index (χ0) is 13.9. The zero-order valence-electron chi connectivity index (χ0n) is 8.37. The fourth-order valence-electron chi connectivity index (χ4n) is 0.874. The maximum absolute atomic E-state index is 10.7. The summed E-state index contributed by atoms with van der Waals surface area (Å²) in [6.07, 6.45) is -4.41. The number of phosphoric acid groups is 1. The molecule has 0 bridgehead atoms. The van der Waals surface area contributed by atoms with Crippen LogP contribution in [0.4, 0.5) is 0 Å². The van der Waals surface area contributed by atoms with Gasteiger partial charge in [-0.2, -0.15) is 0 Å². The van der Waals surface area contributed by atoms with E-state index in [4.69, 9.17) is 25.1 Å². The molecule has 0 radical (unpaired) electrons. The van der Waals surface area contributed by atoms with E-state index in [0.717, 1.165) is 0 Å². The van der Waals surface area contributed by atoms with E-state index in [9.17, 15) is 19.6 Å². The molecule has 0 aromatic carbocycles. The summed E-state index contributed by atoms with van der Waals surface area (Å²) >= 11 is 0. The Morgan fingerprint density at radius 1 is 1.35 bits per heavy atom. The van der Waals surface area contributed by atoms with Crippen LogP contribution in [-0.4, -0.2) is 72.3 Å². The van der Waals surface area contributed by atoms with Gasteiger partial charge in [0, 0.05) is 0 Å². The van der Waals surface area contributed by atoms with Crippen molar-refractivity contribution in [3.63, 3.8) is 0 Å². The van der Waals surface area contributed by atoms with Gasteiger partial charge in [0.1, 0.15) is 18.8 Å². The minimum atomic E-state index is -5.06. The Morgan fingerprint density at radius 3 is 2.12 bits per heavy atom. The van der Waals surface area contributed by atoms with Crippen molar-refractivity contribution in [2.24, 2.45) is 0 Å². The SMILES string of the molecule is O=C(O)[C@](O)(COP(=O)(O)O)[C@@H](O)[C@@H](O)CO. The average Bonchev–Trinajstić information content (AvgIpc) is 2.22. The molecule has 7 N–H and O–H groups in total. The molecule has 10 nitrogen and oxygen atoms in total. The standard InChI is InChI=1S/C6H13O10P/c7-1-3(8)4(9)6(12,5(10)11)2-16-17(13,14)15/h3-4,7-9,12H,1-2H2,(H,10,11)(H2,13,14,15)/t3-,4-,6-/m0/s1. The van der Waals surface area contributed by atoms with Gasteiger partial charge in [0.05, 0.1) is 6.61 Å². The molecular formula is C6H13O10P. The molecule has 0 aliphatic rings. The van der Waals surface area contributed by atoms with Crippen LogP contribution >= 0.6 is 7.82 Å². The van der Waals surface area contributed by atoms with Crippen LogP contribution in [0.1, 0.15) is 0 Å². The van der Waals surface area contributed by atoms with E-state index in [1.54, 1.807) is 0 Å². The van der Waals surface area contributed by atoms with E-state index in [0.29, 0.717) is 0 Å². The van der Waals surface area contributed by atoms with E-state index in [1.807, 2.05) is 0 Å². The number of aliphatic carboxylic acids is 1. The summed E-state index contributed by atoms with van der Waals surface area (Å²) < 4.78 is 14.1. The van der Waals surface area contributed by atoms with E-state index in [2.05, 4.69) is 4.52 Å². The van der Waals surface area contributed by atoms with Gasteiger partial charge in [-0.25, -0.2) is 9.36 Å². The minimum absolute atomic E-state index is 1.06. The highest BCUT2D eigenvalue weighted by Gasteiger charge is 2.48. The summed E-state index contributed by atoms with van der Waals surface area (Å²) in [7, 11) is -5.06. The fourth-order valence-corrected chi connectivity index (χ4v) is 1.24. The summed E-state index contributed by atoms with van der Waals surface area (Å²) in [5, 5.41) is 44.7. The maximum atomic E-state index is 10.7. The summed E-state index contributed by atoms with van der Waals surface area (Å²) in [5.74, 6) is -2.08. The zero-order valence-corrected chi connectivity index (χ0v) is 9.27. The lowest BCUT2D eigenvalue weighted by Gasteiger charge is -2.30. The highest BCUT2D eigenvalue weighted by Crippen LogP contribution is 2.37. The molecule has 11 heteroatoms. The van der Waals surface area contributed by atoms with Crippen LogP contribution in [0.2, 0.25) is 0 Å². The van der Waals surface area contributed by atoms with Crippen molar-refractivity contribution in [2.45, 2.75) is 17.8 Å². The Balaban J connectivity index is 4.92. The quantitative estimate of drug-likeness (QED) is 0.231. The number of aliphatic hydroxyl groups excluding tert-OH is 3. The average molecular weight is 276 g/mol. The minimum Gasteiger partial charge on any atom is -0.479 e. The molecule has 0 aromatic rings. The Kier molecular flexibility index (Phi) is 5.65. The molecule has 0 amide bonds. The number of rotatable bonds is 7. The van der Waals surface area contributed by atoms with Crippen LogP contribution in [-0.2, 0) is 13.9 Å². The molecule has 3 atom stereocenters. The predicted octanol–water partition coefficient (Wildman–Crippen LogP) is -3.37. The molecule has 0 spiro atoms. The predicted molar refractivity (Wildman–Crippen MR) is 49.7 cm³/mol. The lowest BCUT2D eigenvalue weighted by molar-refractivity contribution is -0.190.